The number of imidazole rings is 1. The fourth-order valence-electron chi connectivity index (χ4n) is 3.64. The second-order valence-corrected chi connectivity index (χ2v) is 8.92. The number of hydrogen-bond donors (Lipinski definition) is 0. The Morgan fingerprint density at radius 3 is 2.57 bits per heavy atom. The van der Waals surface area contributed by atoms with E-state index in [1.54, 1.807) is 23.7 Å². The lowest BCUT2D eigenvalue weighted by atomic mass is 10.0. The lowest BCUT2D eigenvalue weighted by Crippen LogP contribution is -2.31. The quantitative estimate of drug-likeness (QED) is 0.673. The largest absolute Gasteiger partial charge is 0.339 e. The lowest BCUT2D eigenvalue weighted by molar-refractivity contribution is 0.388. The molecule has 1 fully saturated rings. The molecule has 28 heavy (non-hydrogen) atoms. The highest BCUT2D eigenvalue weighted by Crippen LogP contribution is 2.36. The minimum absolute atomic E-state index is 0.0494. The van der Waals surface area contributed by atoms with Gasteiger partial charge in [-0.15, -0.1) is 0 Å². The van der Waals surface area contributed by atoms with Crippen LogP contribution in [0.1, 0.15) is 30.3 Å². The summed E-state index contributed by atoms with van der Waals surface area (Å²) < 4.78 is 42.5. The van der Waals surface area contributed by atoms with Gasteiger partial charge in [0.05, 0.1) is 18.1 Å². The van der Waals surface area contributed by atoms with Crippen molar-refractivity contribution in [2.24, 2.45) is 7.05 Å². The predicted octanol–water partition coefficient (Wildman–Crippen LogP) is 3.46. The van der Waals surface area contributed by atoms with Gasteiger partial charge in [0.2, 0.25) is 0 Å². The molecule has 1 atom stereocenters. The number of hydrogen-bond acceptors (Lipinski definition) is 4. The van der Waals surface area contributed by atoms with Crippen molar-refractivity contribution < 1.29 is 12.8 Å². The summed E-state index contributed by atoms with van der Waals surface area (Å²) in [4.78, 5) is 8.64. The maximum atomic E-state index is 13.3. The van der Waals surface area contributed by atoms with Gasteiger partial charge in [0.25, 0.3) is 10.0 Å². The Bertz CT molecular complexity index is 1110. The highest BCUT2D eigenvalue weighted by atomic mass is 32.2. The normalized spacial score (nSPS) is 17.9. The molecule has 3 aromatic rings. The van der Waals surface area contributed by atoms with E-state index in [1.165, 1.54) is 29.0 Å². The fraction of sp³-hybridized carbons (Fsp3) is 0.300. The number of halogens is 1. The Hall–Kier alpha value is -2.58. The third-order valence-corrected chi connectivity index (χ3v) is 6.74. The summed E-state index contributed by atoms with van der Waals surface area (Å²) in [6, 6.07) is 9.73. The summed E-state index contributed by atoms with van der Waals surface area (Å²) in [7, 11) is -1.96. The van der Waals surface area contributed by atoms with Crippen LogP contribution in [0.2, 0.25) is 0 Å². The van der Waals surface area contributed by atoms with E-state index in [9.17, 15) is 12.8 Å². The third kappa shape index (κ3) is 3.45. The Morgan fingerprint density at radius 1 is 1.14 bits per heavy atom. The van der Waals surface area contributed by atoms with Gasteiger partial charge in [0.1, 0.15) is 5.82 Å². The molecule has 0 aliphatic carbocycles. The van der Waals surface area contributed by atoms with Crippen molar-refractivity contribution in [1.29, 1.82) is 0 Å². The minimum atomic E-state index is -3.70. The first-order valence-electron chi connectivity index (χ1n) is 9.09. The van der Waals surface area contributed by atoms with Crippen LogP contribution in [-0.4, -0.2) is 33.8 Å². The lowest BCUT2D eigenvalue weighted by Gasteiger charge is -2.23. The van der Waals surface area contributed by atoms with Gasteiger partial charge in [-0.05, 0) is 55.2 Å². The summed E-state index contributed by atoms with van der Waals surface area (Å²) in [5.74, 6) is -0.293. The van der Waals surface area contributed by atoms with Crippen molar-refractivity contribution in [3.63, 3.8) is 0 Å². The molecule has 0 spiro atoms. The van der Waals surface area contributed by atoms with Crippen LogP contribution in [0.3, 0.4) is 0 Å². The molecule has 8 heteroatoms. The van der Waals surface area contributed by atoms with Crippen molar-refractivity contribution in [1.82, 2.24) is 18.8 Å². The second-order valence-electron chi connectivity index (χ2n) is 7.08. The van der Waals surface area contributed by atoms with Crippen molar-refractivity contribution in [3.05, 3.63) is 66.1 Å². The molecule has 6 nitrogen and oxygen atoms in total. The zero-order chi connectivity index (χ0) is 19.9. The molecule has 1 unspecified atom stereocenters. The summed E-state index contributed by atoms with van der Waals surface area (Å²) >= 11 is 0. The van der Waals surface area contributed by atoms with Gasteiger partial charge in [0.15, 0.2) is 5.03 Å². The van der Waals surface area contributed by atoms with Gasteiger partial charge < -0.3 is 4.57 Å². The molecule has 1 aromatic carbocycles. The number of aromatic nitrogens is 3. The number of pyridine rings is 1. The smallest absolute Gasteiger partial charge is 0.262 e. The summed E-state index contributed by atoms with van der Waals surface area (Å²) in [6.45, 7) is 2.31. The van der Waals surface area contributed by atoms with E-state index in [2.05, 4.69) is 9.97 Å². The molecule has 3 heterocycles. The van der Waals surface area contributed by atoms with Crippen LogP contribution in [0, 0.1) is 12.7 Å². The predicted molar refractivity (Wildman–Crippen MR) is 103 cm³/mol. The SMILES string of the molecule is Cc1cc(-c2ccc(F)cc2)cc(C2CCCN2S(=O)(=O)c2cn(C)cn2)n1. The third-order valence-electron chi connectivity index (χ3n) is 4.95. The van der Waals surface area contributed by atoms with Gasteiger partial charge in [-0.3, -0.25) is 4.98 Å². The van der Waals surface area contributed by atoms with E-state index in [1.807, 2.05) is 19.1 Å². The molecule has 0 N–H and O–H groups in total. The molecule has 0 amide bonds. The minimum Gasteiger partial charge on any atom is -0.339 e. The van der Waals surface area contributed by atoms with E-state index in [0.717, 1.165) is 23.2 Å². The van der Waals surface area contributed by atoms with Crippen LogP contribution in [0.4, 0.5) is 4.39 Å². The van der Waals surface area contributed by atoms with Crippen LogP contribution < -0.4 is 0 Å². The molecule has 0 radical (unpaired) electrons. The zero-order valence-corrected chi connectivity index (χ0v) is 16.5. The van der Waals surface area contributed by atoms with E-state index in [-0.39, 0.29) is 16.9 Å². The van der Waals surface area contributed by atoms with Gasteiger partial charge in [-0.1, -0.05) is 12.1 Å². The van der Waals surface area contributed by atoms with Crippen LogP contribution in [0.15, 0.2) is 53.9 Å². The maximum absolute atomic E-state index is 13.3. The molecule has 4 rings (SSSR count). The van der Waals surface area contributed by atoms with Gasteiger partial charge >= 0.3 is 0 Å². The molecular weight excluding hydrogens is 379 g/mol. The first-order chi connectivity index (χ1) is 13.3. The number of benzene rings is 1. The molecule has 0 saturated carbocycles. The van der Waals surface area contributed by atoms with E-state index in [4.69, 9.17) is 0 Å². The Balaban J connectivity index is 1.72. The first-order valence-corrected chi connectivity index (χ1v) is 10.5. The van der Waals surface area contributed by atoms with Crippen LogP contribution in [0.25, 0.3) is 11.1 Å². The van der Waals surface area contributed by atoms with Crippen molar-refractivity contribution >= 4 is 10.0 Å². The van der Waals surface area contributed by atoms with Crippen LogP contribution >= 0.6 is 0 Å². The number of nitrogens with zero attached hydrogens (tertiary/aromatic N) is 4. The Kier molecular flexibility index (Phi) is 4.76. The summed E-state index contributed by atoms with van der Waals surface area (Å²) in [6.07, 6.45) is 4.46. The maximum Gasteiger partial charge on any atom is 0.262 e. The topological polar surface area (TPSA) is 68.1 Å². The van der Waals surface area contributed by atoms with Gasteiger partial charge in [-0.2, -0.15) is 4.31 Å². The molecular formula is C20H21FN4O2S. The highest BCUT2D eigenvalue weighted by Gasteiger charge is 2.38. The number of aryl methyl sites for hydroxylation is 2. The van der Waals surface area contributed by atoms with Crippen molar-refractivity contribution in [2.75, 3.05) is 6.54 Å². The second kappa shape index (κ2) is 7.10. The van der Waals surface area contributed by atoms with Crippen molar-refractivity contribution in [2.45, 2.75) is 30.8 Å². The molecule has 1 aliphatic heterocycles. The average Bonchev–Trinajstić information content (AvgIpc) is 3.31. The zero-order valence-electron chi connectivity index (χ0n) is 15.7. The monoisotopic (exact) mass is 400 g/mol. The Morgan fingerprint density at radius 2 is 1.89 bits per heavy atom. The Labute approximate surface area is 163 Å². The molecule has 1 saturated heterocycles. The van der Waals surface area contributed by atoms with E-state index in [0.29, 0.717) is 18.7 Å². The van der Waals surface area contributed by atoms with E-state index >= 15 is 0 Å². The molecule has 146 valence electrons. The molecule has 0 bridgehead atoms. The van der Waals surface area contributed by atoms with Crippen molar-refractivity contribution in [3.8, 4) is 11.1 Å². The summed E-state index contributed by atoms with van der Waals surface area (Å²) in [5, 5.41) is 0.0494. The summed E-state index contributed by atoms with van der Waals surface area (Å²) in [5.41, 5.74) is 3.25. The first kappa shape index (κ1) is 18.8. The standard InChI is InChI=1S/C20H21FN4O2S/c1-14-10-16(15-5-7-17(21)8-6-15)11-18(23-14)19-4-3-9-25(19)28(26,27)20-12-24(2)13-22-20/h5-8,10-13,19H,3-4,9H2,1-2H3. The number of sulfonamides is 1. The van der Waals surface area contributed by atoms with Crippen LogP contribution in [0.5, 0.6) is 0 Å². The van der Waals surface area contributed by atoms with Gasteiger partial charge in [-0.25, -0.2) is 17.8 Å². The average molecular weight is 400 g/mol. The highest BCUT2D eigenvalue weighted by molar-refractivity contribution is 7.89. The van der Waals surface area contributed by atoms with Crippen LogP contribution in [-0.2, 0) is 17.1 Å². The van der Waals surface area contributed by atoms with Gasteiger partial charge in [0, 0.05) is 25.5 Å². The van der Waals surface area contributed by atoms with E-state index < -0.39 is 10.0 Å². The molecule has 2 aromatic heterocycles. The fourth-order valence-corrected chi connectivity index (χ4v) is 5.28. The molecule has 1 aliphatic rings. The number of rotatable bonds is 4.